The van der Waals surface area contributed by atoms with Crippen LogP contribution in [-0.4, -0.2) is 38.4 Å². The lowest BCUT2D eigenvalue weighted by Gasteiger charge is -2.22. The Kier molecular flexibility index (Phi) is 5.92. The molecule has 7 nitrogen and oxygen atoms in total. The summed E-state index contributed by atoms with van der Waals surface area (Å²) in [5.41, 5.74) is 0.757. The summed E-state index contributed by atoms with van der Waals surface area (Å²) in [4.78, 5) is 12.2. The fraction of sp³-hybridized carbons (Fsp3) is 0.562. The number of nitrogens with one attached hydrogen (secondary N) is 2. The fourth-order valence-corrected chi connectivity index (χ4v) is 2.36. The smallest absolute Gasteiger partial charge is 0.315 e. The van der Waals surface area contributed by atoms with E-state index in [1.807, 2.05) is 42.6 Å². The molecule has 3 N–H and O–H groups in total. The summed E-state index contributed by atoms with van der Waals surface area (Å²) in [5, 5.41) is 23.4. The minimum atomic E-state index is -0.260. The van der Waals surface area contributed by atoms with Gasteiger partial charge in [0.25, 0.3) is 0 Å². The number of rotatable bonds is 7. The highest BCUT2D eigenvalue weighted by molar-refractivity contribution is 5.74. The molecule has 3 atom stereocenters. The number of carbonyl (C=O) groups is 1. The van der Waals surface area contributed by atoms with Crippen molar-refractivity contribution in [2.75, 3.05) is 6.61 Å². The molecular weight excluding hydrogens is 294 g/mol. The maximum Gasteiger partial charge on any atom is 0.315 e. The first kappa shape index (κ1) is 17.2. The van der Waals surface area contributed by atoms with Gasteiger partial charge in [0, 0.05) is 18.8 Å². The van der Waals surface area contributed by atoms with Crippen LogP contribution >= 0.6 is 0 Å². The molecule has 2 rings (SSSR count). The van der Waals surface area contributed by atoms with Crippen LogP contribution in [-0.2, 0) is 0 Å². The number of amides is 2. The number of pyridine rings is 1. The zero-order valence-corrected chi connectivity index (χ0v) is 13.9. The number of aliphatic hydroxyl groups excluding tert-OH is 1. The van der Waals surface area contributed by atoms with Crippen LogP contribution in [0.2, 0.25) is 0 Å². The van der Waals surface area contributed by atoms with E-state index in [0.29, 0.717) is 0 Å². The molecule has 2 aromatic heterocycles. The van der Waals surface area contributed by atoms with Crippen molar-refractivity contribution in [1.29, 1.82) is 0 Å². The Morgan fingerprint density at radius 3 is 2.78 bits per heavy atom. The molecule has 0 aliphatic rings. The molecule has 0 saturated carbocycles. The monoisotopic (exact) mass is 319 g/mol. The summed E-state index contributed by atoms with van der Waals surface area (Å²) in [7, 11) is 0. The molecule has 23 heavy (non-hydrogen) atoms. The van der Waals surface area contributed by atoms with Crippen LogP contribution in [0.15, 0.2) is 24.4 Å². The minimum absolute atomic E-state index is 0.000651. The van der Waals surface area contributed by atoms with Gasteiger partial charge in [-0.3, -0.25) is 4.40 Å². The predicted molar refractivity (Wildman–Crippen MR) is 88.0 cm³/mol. The van der Waals surface area contributed by atoms with E-state index >= 15 is 0 Å². The summed E-state index contributed by atoms with van der Waals surface area (Å²) in [6.07, 6.45) is 3.58. The van der Waals surface area contributed by atoms with Crippen molar-refractivity contribution in [2.24, 2.45) is 5.92 Å². The SMILES string of the molecule is CCCC(NC(=O)NC(C)C(C)CO)c1nnc2ccccn12. The van der Waals surface area contributed by atoms with Crippen molar-refractivity contribution in [3.05, 3.63) is 30.2 Å². The van der Waals surface area contributed by atoms with Crippen molar-refractivity contribution in [3.63, 3.8) is 0 Å². The Hall–Kier alpha value is -2.15. The molecule has 0 saturated heterocycles. The summed E-state index contributed by atoms with van der Waals surface area (Å²) in [5.74, 6) is 0.722. The van der Waals surface area contributed by atoms with Crippen molar-refractivity contribution >= 4 is 11.7 Å². The molecule has 7 heteroatoms. The van der Waals surface area contributed by atoms with Gasteiger partial charge in [0.2, 0.25) is 0 Å². The highest BCUT2D eigenvalue weighted by atomic mass is 16.3. The zero-order valence-electron chi connectivity index (χ0n) is 13.9. The quantitative estimate of drug-likeness (QED) is 0.727. The van der Waals surface area contributed by atoms with Crippen LogP contribution < -0.4 is 10.6 Å². The third kappa shape index (κ3) is 4.19. The molecule has 2 amide bonds. The first-order chi connectivity index (χ1) is 11.1. The van der Waals surface area contributed by atoms with Gasteiger partial charge in [0.05, 0.1) is 6.04 Å². The molecule has 0 aliphatic heterocycles. The molecule has 2 heterocycles. The molecule has 2 aromatic rings. The first-order valence-electron chi connectivity index (χ1n) is 8.04. The Bertz CT molecular complexity index is 642. The number of urea groups is 1. The largest absolute Gasteiger partial charge is 0.396 e. The third-order valence-corrected chi connectivity index (χ3v) is 4.03. The number of aliphatic hydroxyl groups is 1. The number of hydrogen-bond acceptors (Lipinski definition) is 4. The first-order valence-corrected chi connectivity index (χ1v) is 8.04. The van der Waals surface area contributed by atoms with Crippen LogP contribution in [0.25, 0.3) is 5.65 Å². The van der Waals surface area contributed by atoms with Crippen molar-refractivity contribution in [2.45, 2.75) is 45.7 Å². The van der Waals surface area contributed by atoms with E-state index in [-0.39, 0.29) is 30.6 Å². The Balaban J connectivity index is 2.11. The maximum absolute atomic E-state index is 12.2. The highest BCUT2D eigenvalue weighted by Gasteiger charge is 2.21. The normalized spacial score (nSPS) is 15.1. The van der Waals surface area contributed by atoms with Gasteiger partial charge in [0.15, 0.2) is 11.5 Å². The Labute approximate surface area is 136 Å². The zero-order chi connectivity index (χ0) is 16.8. The number of fused-ring (bicyclic) bond motifs is 1. The second kappa shape index (κ2) is 7.92. The van der Waals surface area contributed by atoms with Gasteiger partial charge in [-0.05, 0) is 31.4 Å². The number of aromatic nitrogens is 3. The third-order valence-electron chi connectivity index (χ3n) is 4.03. The van der Waals surface area contributed by atoms with E-state index in [2.05, 4.69) is 27.8 Å². The maximum atomic E-state index is 12.2. The molecular formula is C16H25N5O2. The Morgan fingerprint density at radius 2 is 2.09 bits per heavy atom. The van der Waals surface area contributed by atoms with E-state index in [0.717, 1.165) is 24.3 Å². The molecule has 0 aliphatic carbocycles. The fourth-order valence-electron chi connectivity index (χ4n) is 2.36. The van der Waals surface area contributed by atoms with Crippen molar-refractivity contribution in [3.8, 4) is 0 Å². The average Bonchev–Trinajstić information content (AvgIpc) is 2.97. The van der Waals surface area contributed by atoms with Gasteiger partial charge >= 0.3 is 6.03 Å². The molecule has 0 spiro atoms. The molecule has 0 aromatic carbocycles. The number of carbonyl (C=O) groups excluding carboxylic acids is 1. The van der Waals surface area contributed by atoms with Crippen LogP contribution in [0.1, 0.15) is 45.5 Å². The van der Waals surface area contributed by atoms with Crippen LogP contribution in [0.5, 0.6) is 0 Å². The lowest BCUT2D eigenvalue weighted by atomic mass is 10.1. The van der Waals surface area contributed by atoms with E-state index in [1.54, 1.807) is 0 Å². The van der Waals surface area contributed by atoms with Crippen molar-refractivity contribution in [1.82, 2.24) is 25.2 Å². The van der Waals surface area contributed by atoms with Crippen LogP contribution in [0.4, 0.5) is 4.79 Å². The second-order valence-electron chi connectivity index (χ2n) is 5.89. The molecule has 3 unspecified atom stereocenters. The molecule has 0 radical (unpaired) electrons. The molecule has 0 fully saturated rings. The number of hydrogen-bond donors (Lipinski definition) is 3. The van der Waals surface area contributed by atoms with Gasteiger partial charge in [0.1, 0.15) is 0 Å². The van der Waals surface area contributed by atoms with Gasteiger partial charge in [-0.15, -0.1) is 10.2 Å². The summed E-state index contributed by atoms with van der Waals surface area (Å²) >= 11 is 0. The molecule has 0 bridgehead atoms. The Morgan fingerprint density at radius 1 is 1.30 bits per heavy atom. The van der Waals surface area contributed by atoms with Gasteiger partial charge < -0.3 is 15.7 Å². The lowest BCUT2D eigenvalue weighted by Crippen LogP contribution is -2.45. The van der Waals surface area contributed by atoms with Crippen molar-refractivity contribution < 1.29 is 9.90 Å². The van der Waals surface area contributed by atoms with E-state index in [9.17, 15) is 4.79 Å². The second-order valence-corrected chi connectivity index (χ2v) is 5.89. The van der Waals surface area contributed by atoms with Crippen LogP contribution in [0, 0.1) is 5.92 Å². The van der Waals surface area contributed by atoms with Gasteiger partial charge in [-0.2, -0.15) is 0 Å². The highest BCUT2D eigenvalue weighted by Crippen LogP contribution is 2.17. The van der Waals surface area contributed by atoms with Crippen LogP contribution in [0.3, 0.4) is 0 Å². The molecule has 126 valence electrons. The van der Waals surface area contributed by atoms with E-state index in [4.69, 9.17) is 5.11 Å². The predicted octanol–water partition coefficient (Wildman–Crippen LogP) is 1.89. The topological polar surface area (TPSA) is 91.5 Å². The van der Waals surface area contributed by atoms with E-state index < -0.39 is 0 Å². The minimum Gasteiger partial charge on any atom is -0.396 e. The summed E-state index contributed by atoms with van der Waals surface area (Å²) < 4.78 is 1.89. The number of nitrogens with zero attached hydrogens (tertiary/aromatic N) is 3. The van der Waals surface area contributed by atoms with Gasteiger partial charge in [-0.1, -0.05) is 26.3 Å². The van der Waals surface area contributed by atoms with E-state index in [1.165, 1.54) is 0 Å². The lowest BCUT2D eigenvalue weighted by molar-refractivity contribution is 0.198. The average molecular weight is 319 g/mol. The van der Waals surface area contributed by atoms with Gasteiger partial charge in [-0.25, -0.2) is 4.79 Å². The summed E-state index contributed by atoms with van der Waals surface area (Å²) in [6.45, 7) is 5.86. The summed E-state index contributed by atoms with van der Waals surface area (Å²) in [6, 6.07) is 5.11. The standard InChI is InChI=1S/C16H25N5O2/c1-4-7-13(18-16(23)17-12(3)11(2)10-22)15-20-19-14-8-5-6-9-21(14)15/h5-6,8-9,11-13,22H,4,7,10H2,1-3H3,(H2,17,18,23).